The van der Waals surface area contributed by atoms with E-state index < -0.39 is 11.9 Å². The van der Waals surface area contributed by atoms with Gasteiger partial charge in [-0.25, -0.2) is 4.79 Å². The van der Waals surface area contributed by atoms with Gasteiger partial charge in [0.15, 0.2) is 0 Å². The van der Waals surface area contributed by atoms with Gasteiger partial charge in [-0.1, -0.05) is 41.4 Å². The number of rotatable bonds is 3. The standard InChI is InChI=1S/C14H9Cl2NO3/c15-9-6-10(14(19)20)12(11(16)7-9)17-13(18)8-4-2-1-3-5-8/h1-7H,(H,17,18)(H,19,20). The smallest absolute Gasteiger partial charge is 0.337 e. The first-order chi connectivity index (χ1) is 9.49. The van der Waals surface area contributed by atoms with Crippen LogP contribution in [0.15, 0.2) is 42.5 Å². The second-order valence-electron chi connectivity index (χ2n) is 3.94. The maximum Gasteiger partial charge on any atom is 0.337 e. The van der Waals surface area contributed by atoms with Crippen LogP contribution >= 0.6 is 23.2 Å². The Labute approximate surface area is 124 Å². The van der Waals surface area contributed by atoms with Gasteiger partial charge in [0.2, 0.25) is 0 Å². The van der Waals surface area contributed by atoms with Gasteiger partial charge in [-0.2, -0.15) is 0 Å². The highest BCUT2D eigenvalue weighted by molar-refractivity contribution is 6.38. The molecule has 0 fully saturated rings. The van der Waals surface area contributed by atoms with Crippen LogP contribution in [0.3, 0.4) is 0 Å². The Balaban J connectivity index is 2.39. The van der Waals surface area contributed by atoms with Gasteiger partial charge < -0.3 is 10.4 Å². The molecule has 2 rings (SSSR count). The van der Waals surface area contributed by atoms with E-state index in [1.54, 1.807) is 30.3 Å². The molecule has 0 aliphatic rings. The van der Waals surface area contributed by atoms with Crippen LogP contribution in [-0.4, -0.2) is 17.0 Å². The van der Waals surface area contributed by atoms with E-state index in [0.29, 0.717) is 5.56 Å². The van der Waals surface area contributed by atoms with E-state index in [1.807, 2.05) is 0 Å². The number of hydrogen-bond acceptors (Lipinski definition) is 2. The van der Waals surface area contributed by atoms with Crippen LogP contribution in [0.1, 0.15) is 20.7 Å². The molecule has 0 aliphatic heterocycles. The Kier molecular flexibility index (Phi) is 4.27. The van der Waals surface area contributed by atoms with E-state index in [2.05, 4.69) is 5.32 Å². The first-order valence-electron chi connectivity index (χ1n) is 5.58. The van der Waals surface area contributed by atoms with E-state index >= 15 is 0 Å². The summed E-state index contributed by atoms with van der Waals surface area (Å²) in [5.41, 5.74) is 0.263. The normalized spacial score (nSPS) is 10.1. The van der Waals surface area contributed by atoms with E-state index in [9.17, 15) is 9.59 Å². The average molecular weight is 310 g/mol. The van der Waals surface area contributed by atoms with E-state index in [4.69, 9.17) is 28.3 Å². The Morgan fingerprint density at radius 2 is 1.70 bits per heavy atom. The van der Waals surface area contributed by atoms with Gasteiger partial charge in [-0.3, -0.25) is 4.79 Å². The summed E-state index contributed by atoms with van der Waals surface area (Å²) in [6, 6.07) is 11.0. The van der Waals surface area contributed by atoms with Crippen LogP contribution in [0.2, 0.25) is 10.0 Å². The minimum Gasteiger partial charge on any atom is -0.478 e. The van der Waals surface area contributed by atoms with Crippen molar-refractivity contribution in [2.75, 3.05) is 5.32 Å². The summed E-state index contributed by atoms with van der Waals surface area (Å²) in [5.74, 6) is -1.67. The summed E-state index contributed by atoms with van der Waals surface area (Å²) >= 11 is 11.7. The Morgan fingerprint density at radius 1 is 1.05 bits per heavy atom. The molecule has 0 aromatic heterocycles. The number of carboxylic acid groups (broad SMARTS) is 1. The van der Waals surface area contributed by atoms with Gasteiger partial charge in [-0.15, -0.1) is 0 Å². The predicted molar refractivity (Wildman–Crippen MR) is 77.8 cm³/mol. The Morgan fingerprint density at radius 3 is 2.30 bits per heavy atom. The largest absolute Gasteiger partial charge is 0.478 e. The molecule has 0 spiro atoms. The molecule has 2 aromatic rings. The number of amides is 1. The van der Waals surface area contributed by atoms with E-state index in [0.717, 1.165) is 0 Å². The summed E-state index contributed by atoms with van der Waals surface area (Å²) in [7, 11) is 0. The van der Waals surface area contributed by atoms with Crippen molar-refractivity contribution in [3.05, 3.63) is 63.6 Å². The fraction of sp³-hybridized carbons (Fsp3) is 0. The van der Waals surface area contributed by atoms with Gasteiger partial charge in [-0.05, 0) is 24.3 Å². The molecule has 0 saturated carbocycles. The van der Waals surface area contributed by atoms with Crippen LogP contribution in [0.4, 0.5) is 5.69 Å². The molecule has 0 heterocycles. The Hall–Kier alpha value is -2.04. The van der Waals surface area contributed by atoms with Crippen LogP contribution in [0.5, 0.6) is 0 Å². The number of halogens is 2. The summed E-state index contributed by atoms with van der Waals surface area (Å²) < 4.78 is 0. The lowest BCUT2D eigenvalue weighted by atomic mass is 10.1. The van der Waals surface area contributed by atoms with Crippen LogP contribution < -0.4 is 5.32 Å². The zero-order valence-electron chi connectivity index (χ0n) is 10.1. The number of aromatic carboxylic acids is 1. The average Bonchev–Trinajstić information content (AvgIpc) is 2.42. The van der Waals surface area contributed by atoms with Crippen molar-refractivity contribution >= 4 is 40.8 Å². The molecule has 0 aliphatic carbocycles. The monoisotopic (exact) mass is 309 g/mol. The summed E-state index contributed by atoms with van der Waals surface area (Å²) in [6.07, 6.45) is 0. The third-order valence-corrected chi connectivity index (χ3v) is 3.08. The molecule has 0 radical (unpaired) electrons. The zero-order chi connectivity index (χ0) is 14.7. The number of carboxylic acids is 1. The maximum atomic E-state index is 12.0. The van der Waals surface area contributed by atoms with Crippen molar-refractivity contribution in [2.24, 2.45) is 0 Å². The van der Waals surface area contributed by atoms with Gasteiger partial charge in [0.25, 0.3) is 5.91 Å². The predicted octanol–water partition coefficient (Wildman–Crippen LogP) is 3.94. The molecular formula is C14H9Cl2NO3. The lowest BCUT2D eigenvalue weighted by molar-refractivity contribution is 0.0698. The highest BCUT2D eigenvalue weighted by Gasteiger charge is 2.17. The lowest BCUT2D eigenvalue weighted by Crippen LogP contribution is -2.15. The van der Waals surface area contributed by atoms with Gasteiger partial charge >= 0.3 is 5.97 Å². The van der Waals surface area contributed by atoms with Crippen molar-refractivity contribution in [3.8, 4) is 0 Å². The number of carbonyl (C=O) groups excluding carboxylic acids is 1. The molecule has 2 N–H and O–H groups in total. The van der Waals surface area contributed by atoms with Crippen LogP contribution in [0, 0.1) is 0 Å². The highest BCUT2D eigenvalue weighted by atomic mass is 35.5. The molecule has 0 bridgehead atoms. The van der Waals surface area contributed by atoms with Gasteiger partial charge in [0.1, 0.15) is 0 Å². The molecule has 0 unspecified atom stereocenters. The summed E-state index contributed by atoms with van der Waals surface area (Å²) in [6.45, 7) is 0. The molecule has 1 amide bonds. The van der Waals surface area contributed by atoms with E-state index in [-0.39, 0.29) is 21.3 Å². The number of benzene rings is 2. The molecule has 0 atom stereocenters. The lowest BCUT2D eigenvalue weighted by Gasteiger charge is -2.11. The molecule has 102 valence electrons. The minimum atomic E-state index is -1.22. The molecule has 0 saturated heterocycles. The summed E-state index contributed by atoms with van der Waals surface area (Å²) in [5, 5.41) is 11.9. The van der Waals surface area contributed by atoms with Crippen LogP contribution in [-0.2, 0) is 0 Å². The molecule has 20 heavy (non-hydrogen) atoms. The Bertz CT molecular complexity index is 672. The molecule has 4 nitrogen and oxygen atoms in total. The molecule has 2 aromatic carbocycles. The first-order valence-corrected chi connectivity index (χ1v) is 6.33. The number of hydrogen-bond donors (Lipinski definition) is 2. The highest BCUT2D eigenvalue weighted by Crippen LogP contribution is 2.30. The minimum absolute atomic E-state index is 0.0254. The third-order valence-electron chi connectivity index (χ3n) is 2.56. The molecule has 6 heteroatoms. The van der Waals surface area contributed by atoms with Crippen molar-refractivity contribution < 1.29 is 14.7 Å². The second kappa shape index (κ2) is 5.94. The van der Waals surface area contributed by atoms with Crippen molar-refractivity contribution in [1.82, 2.24) is 0 Å². The SMILES string of the molecule is O=C(Nc1c(Cl)cc(Cl)cc1C(=O)O)c1ccccc1. The number of nitrogens with one attached hydrogen (secondary N) is 1. The number of anilines is 1. The zero-order valence-corrected chi connectivity index (χ0v) is 11.6. The van der Waals surface area contributed by atoms with Crippen molar-refractivity contribution in [3.63, 3.8) is 0 Å². The maximum absolute atomic E-state index is 12.0. The topological polar surface area (TPSA) is 66.4 Å². The fourth-order valence-corrected chi connectivity index (χ4v) is 2.19. The third kappa shape index (κ3) is 3.10. The van der Waals surface area contributed by atoms with Crippen LogP contribution in [0.25, 0.3) is 0 Å². The van der Waals surface area contributed by atoms with Crippen molar-refractivity contribution in [1.29, 1.82) is 0 Å². The van der Waals surface area contributed by atoms with Crippen molar-refractivity contribution in [2.45, 2.75) is 0 Å². The van der Waals surface area contributed by atoms with Gasteiger partial charge in [0.05, 0.1) is 16.3 Å². The fourth-order valence-electron chi connectivity index (χ4n) is 1.64. The number of carbonyl (C=O) groups is 2. The molecular weight excluding hydrogens is 301 g/mol. The quantitative estimate of drug-likeness (QED) is 0.902. The first kappa shape index (κ1) is 14.4. The summed E-state index contributed by atoms with van der Waals surface area (Å²) in [4.78, 5) is 23.2. The van der Waals surface area contributed by atoms with E-state index in [1.165, 1.54) is 12.1 Å². The second-order valence-corrected chi connectivity index (χ2v) is 4.78. The van der Waals surface area contributed by atoms with Gasteiger partial charge in [0, 0.05) is 10.6 Å².